The fourth-order valence-corrected chi connectivity index (χ4v) is 2.34. The highest BCUT2D eigenvalue weighted by Gasteiger charge is 2.00. The van der Waals surface area contributed by atoms with Crippen molar-refractivity contribution in [3.63, 3.8) is 0 Å². The molecule has 0 aliphatic rings. The Balaban J connectivity index is 2.37. The summed E-state index contributed by atoms with van der Waals surface area (Å²) >= 11 is 4.74. The maximum absolute atomic E-state index is 12.9. The maximum Gasteiger partial charge on any atom is 0.137 e. The van der Waals surface area contributed by atoms with Gasteiger partial charge in [-0.3, -0.25) is 0 Å². The molecule has 3 nitrogen and oxygen atoms in total. The molecule has 0 N–H and O–H groups in total. The minimum absolute atomic E-state index is 0.256. The molecule has 0 fully saturated rings. The van der Waals surface area contributed by atoms with Crippen LogP contribution in [0.1, 0.15) is 6.42 Å². The van der Waals surface area contributed by atoms with Crippen LogP contribution in [-0.2, 0) is 0 Å². The summed E-state index contributed by atoms with van der Waals surface area (Å²) in [6.45, 7) is 0.506. The first-order chi connectivity index (χ1) is 7.24. The van der Waals surface area contributed by atoms with Crippen LogP contribution in [0.15, 0.2) is 32.7 Å². The third-order valence-electron chi connectivity index (χ3n) is 1.63. The van der Waals surface area contributed by atoms with Crippen LogP contribution in [0.2, 0.25) is 0 Å². The summed E-state index contributed by atoms with van der Waals surface area (Å²) in [5, 5.41) is 3.43. The van der Waals surface area contributed by atoms with Crippen molar-refractivity contribution in [1.82, 2.24) is 0 Å². The van der Waals surface area contributed by atoms with E-state index in [-0.39, 0.29) is 5.82 Å². The second-order valence-corrected chi connectivity index (χ2v) is 4.76. The third-order valence-corrected chi connectivity index (χ3v) is 3.31. The predicted octanol–water partition coefficient (Wildman–Crippen LogP) is 4.38. The highest BCUT2D eigenvalue weighted by atomic mass is 79.9. The number of hydrogen-bond donors (Lipinski definition) is 0. The van der Waals surface area contributed by atoms with Gasteiger partial charge in [-0.25, -0.2) is 4.39 Å². The van der Waals surface area contributed by atoms with Crippen molar-refractivity contribution in [2.24, 2.45) is 5.11 Å². The summed E-state index contributed by atoms with van der Waals surface area (Å²) in [6, 6.07) is 4.91. The zero-order valence-corrected chi connectivity index (χ0v) is 10.3. The van der Waals surface area contributed by atoms with Gasteiger partial charge in [-0.05, 0) is 51.8 Å². The van der Waals surface area contributed by atoms with Gasteiger partial charge in [-0.2, -0.15) is 0 Å². The van der Waals surface area contributed by atoms with E-state index in [9.17, 15) is 4.39 Å². The Morgan fingerprint density at radius 2 is 2.33 bits per heavy atom. The summed E-state index contributed by atoms with van der Waals surface area (Å²) in [5.74, 6) is 0.602. The van der Waals surface area contributed by atoms with Crippen LogP contribution >= 0.6 is 27.7 Å². The lowest BCUT2D eigenvalue weighted by molar-refractivity contribution is 0.619. The number of benzene rings is 1. The first kappa shape index (κ1) is 12.4. The van der Waals surface area contributed by atoms with Crippen LogP contribution in [0, 0.1) is 5.82 Å². The molecule has 0 unspecified atom stereocenters. The highest BCUT2D eigenvalue weighted by molar-refractivity contribution is 9.10. The van der Waals surface area contributed by atoms with Crippen molar-refractivity contribution in [2.45, 2.75) is 11.3 Å². The van der Waals surface area contributed by atoms with Crippen molar-refractivity contribution in [3.05, 3.63) is 38.9 Å². The lowest BCUT2D eigenvalue weighted by atomic mass is 10.3. The van der Waals surface area contributed by atoms with Crippen molar-refractivity contribution < 1.29 is 4.39 Å². The summed E-state index contributed by atoms with van der Waals surface area (Å²) in [6.07, 6.45) is 0.823. The quantitative estimate of drug-likeness (QED) is 0.261. The second kappa shape index (κ2) is 6.71. The molecule has 0 aliphatic carbocycles. The number of azide groups is 1. The van der Waals surface area contributed by atoms with Gasteiger partial charge in [-0.1, -0.05) is 5.11 Å². The van der Waals surface area contributed by atoms with Crippen molar-refractivity contribution in [3.8, 4) is 0 Å². The second-order valence-electron chi connectivity index (χ2n) is 2.73. The van der Waals surface area contributed by atoms with Gasteiger partial charge in [0.1, 0.15) is 5.82 Å². The van der Waals surface area contributed by atoms with E-state index in [2.05, 4.69) is 26.0 Å². The molecule has 0 aromatic heterocycles. The third kappa shape index (κ3) is 4.55. The summed E-state index contributed by atoms with van der Waals surface area (Å²) in [5.41, 5.74) is 8.05. The lowest BCUT2D eigenvalue weighted by Gasteiger charge is -2.01. The minimum atomic E-state index is -0.256. The van der Waals surface area contributed by atoms with E-state index >= 15 is 0 Å². The van der Waals surface area contributed by atoms with Crippen molar-refractivity contribution in [2.75, 3.05) is 12.3 Å². The minimum Gasteiger partial charge on any atom is -0.206 e. The monoisotopic (exact) mass is 289 g/mol. The standard InChI is InChI=1S/C9H9BrFN3S/c10-8-6-7(2-3-9(8)11)15-5-1-4-13-14-12/h2-3,6H,1,4-5H2. The Bertz CT molecular complexity index is 380. The normalized spacial score (nSPS) is 9.73. The lowest BCUT2D eigenvalue weighted by Crippen LogP contribution is -1.84. The molecule has 0 atom stereocenters. The summed E-state index contributed by atoms with van der Waals surface area (Å²) in [4.78, 5) is 3.67. The molecular formula is C9H9BrFN3S. The van der Waals surface area contributed by atoms with Gasteiger partial charge in [0.2, 0.25) is 0 Å². The number of thioether (sulfide) groups is 1. The molecule has 0 spiro atoms. The topological polar surface area (TPSA) is 48.8 Å². The number of rotatable bonds is 5. The predicted molar refractivity (Wildman–Crippen MR) is 63.5 cm³/mol. The number of hydrogen-bond acceptors (Lipinski definition) is 2. The summed E-state index contributed by atoms with van der Waals surface area (Å²) < 4.78 is 13.4. The molecule has 1 aromatic rings. The molecule has 1 rings (SSSR count). The molecule has 80 valence electrons. The van der Waals surface area contributed by atoms with Crippen molar-refractivity contribution in [1.29, 1.82) is 0 Å². The van der Waals surface area contributed by atoms with E-state index in [4.69, 9.17) is 5.53 Å². The van der Waals surface area contributed by atoms with Crippen molar-refractivity contribution >= 4 is 27.7 Å². The van der Waals surface area contributed by atoms with E-state index in [0.717, 1.165) is 17.1 Å². The van der Waals surface area contributed by atoms with Gasteiger partial charge in [-0.15, -0.1) is 11.8 Å². The van der Waals surface area contributed by atoms with Crippen LogP contribution in [0.5, 0.6) is 0 Å². The molecular weight excluding hydrogens is 281 g/mol. The van der Waals surface area contributed by atoms with E-state index in [1.54, 1.807) is 23.9 Å². The van der Waals surface area contributed by atoms with Gasteiger partial charge < -0.3 is 0 Å². The SMILES string of the molecule is [N-]=[N+]=NCCCSc1ccc(F)c(Br)c1. The van der Waals surface area contributed by atoms with Crippen LogP contribution < -0.4 is 0 Å². The molecule has 0 aliphatic heterocycles. The van der Waals surface area contributed by atoms with Gasteiger partial charge in [0.05, 0.1) is 4.47 Å². The fraction of sp³-hybridized carbons (Fsp3) is 0.333. The van der Waals surface area contributed by atoms with E-state index in [1.807, 2.05) is 0 Å². The molecule has 0 saturated carbocycles. The van der Waals surface area contributed by atoms with Gasteiger partial charge >= 0.3 is 0 Å². The summed E-state index contributed by atoms with van der Waals surface area (Å²) in [7, 11) is 0. The first-order valence-corrected chi connectivity index (χ1v) is 6.10. The van der Waals surface area contributed by atoms with E-state index in [1.165, 1.54) is 6.07 Å². The smallest absolute Gasteiger partial charge is 0.137 e. The van der Waals surface area contributed by atoms with Gasteiger partial charge in [0.15, 0.2) is 0 Å². The molecule has 0 heterocycles. The molecule has 0 bridgehead atoms. The average Bonchev–Trinajstić information content (AvgIpc) is 2.23. The molecule has 0 amide bonds. The highest BCUT2D eigenvalue weighted by Crippen LogP contribution is 2.24. The van der Waals surface area contributed by atoms with Crippen LogP contribution in [0.3, 0.4) is 0 Å². The van der Waals surface area contributed by atoms with E-state index in [0.29, 0.717) is 11.0 Å². The zero-order chi connectivity index (χ0) is 11.1. The van der Waals surface area contributed by atoms with Gasteiger partial charge in [0.25, 0.3) is 0 Å². The Morgan fingerprint density at radius 3 is 3.00 bits per heavy atom. The average molecular weight is 290 g/mol. The Morgan fingerprint density at radius 1 is 1.53 bits per heavy atom. The molecule has 6 heteroatoms. The van der Waals surface area contributed by atoms with Crippen LogP contribution in [0.4, 0.5) is 4.39 Å². The Kier molecular flexibility index (Phi) is 5.53. The first-order valence-electron chi connectivity index (χ1n) is 4.33. The molecule has 15 heavy (non-hydrogen) atoms. The molecule has 0 saturated heterocycles. The fourth-order valence-electron chi connectivity index (χ4n) is 0.937. The maximum atomic E-state index is 12.9. The zero-order valence-electron chi connectivity index (χ0n) is 7.86. The largest absolute Gasteiger partial charge is 0.206 e. The Labute approximate surface area is 99.8 Å². The van der Waals surface area contributed by atoms with Crippen LogP contribution in [0.25, 0.3) is 10.4 Å². The van der Waals surface area contributed by atoms with Gasteiger partial charge in [0, 0.05) is 16.4 Å². The Hall–Kier alpha value is -0.710. The molecule has 0 radical (unpaired) electrons. The van der Waals surface area contributed by atoms with E-state index < -0.39 is 0 Å². The molecule has 1 aromatic carbocycles. The number of nitrogens with zero attached hydrogens (tertiary/aromatic N) is 3. The number of halogens is 2. The van der Waals surface area contributed by atoms with Crippen LogP contribution in [-0.4, -0.2) is 12.3 Å².